The Morgan fingerprint density at radius 3 is 2.86 bits per heavy atom. The Morgan fingerprint density at radius 1 is 1.64 bits per heavy atom. The van der Waals surface area contributed by atoms with Gasteiger partial charge in [-0.25, -0.2) is 12.6 Å². The minimum atomic E-state index is -4.04. The maximum Gasteiger partial charge on any atom is 0.400 e. The van der Waals surface area contributed by atoms with Gasteiger partial charge in [0.25, 0.3) is 0 Å². The zero-order valence-corrected chi connectivity index (χ0v) is 8.88. The number of rotatable bonds is 5. The van der Waals surface area contributed by atoms with E-state index in [2.05, 4.69) is 19.1 Å². The van der Waals surface area contributed by atoms with Crippen molar-refractivity contribution in [1.82, 2.24) is 0 Å². The monoisotopic (exact) mass is 242 g/mol. The molecule has 0 aromatic rings. The third-order valence-corrected chi connectivity index (χ3v) is 3.27. The fourth-order valence-corrected chi connectivity index (χ4v) is 2.51. The van der Waals surface area contributed by atoms with Crippen molar-refractivity contribution < 1.29 is 25.2 Å². The minimum absolute atomic E-state index is 0.0106. The summed E-state index contributed by atoms with van der Waals surface area (Å²) in [4.78, 5) is 0. The quantitative estimate of drug-likeness (QED) is 0.605. The second-order valence-electron chi connectivity index (χ2n) is 2.45. The van der Waals surface area contributed by atoms with Gasteiger partial charge in [0.2, 0.25) is 0 Å². The van der Waals surface area contributed by atoms with Crippen LogP contribution in [-0.2, 0) is 34.0 Å². The van der Waals surface area contributed by atoms with Gasteiger partial charge in [-0.1, -0.05) is 6.08 Å². The lowest BCUT2D eigenvalue weighted by Gasteiger charge is -2.07. The first-order chi connectivity index (χ1) is 6.53. The molecule has 0 spiro atoms. The molecule has 2 unspecified atom stereocenters. The molecule has 82 valence electrons. The predicted octanol–water partition coefficient (Wildman–Crippen LogP) is -0.487. The molecule has 8 heteroatoms. The van der Waals surface area contributed by atoms with Crippen LogP contribution in [-0.4, -0.2) is 37.7 Å². The van der Waals surface area contributed by atoms with Crippen molar-refractivity contribution in [3.05, 3.63) is 12.7 Å². The van der Waals surface area contributed by atoms with Crippen LogP contribution in [0.5, 0.6) is 0 Å². The minimum Gasteiger partial charge on any atom is -0.288 e. The molecule has 6 nitrogen and oxygen atoms in total. The topological polar surface area (TPSA) is 78.9 Å². The Bertz CT molecular complexity index is 321. The van der Waals surface area contributed by atoms with Crippen molar-refractivity contribution in [3.63, 3.8) is 0 Å². The molecule has 1 rings (SSSR count). The van der Waals surface area contributed by atoms with Crippen LogP contribution in [0.25, 0.3) is 0 Å². The van der Waals surface area contributed by atoms with Crippen molar-refractivity contribution in [2.75, 3.05) is 19.0 Å². The van der Waals surface area contributed by atoms with E-state index < -0.39 is 27.6 Å². The van der Waals surface area contributed by atoms with Crippen LogP contribution < -0.4 is 0 Å². The lowest BCUT2D eigenvalue weighted by atomic mass is 10.5. The number of hydrogen-bond donors (Lipinski definition) is 0. The van der Waals surface area contributed by atoms with Crippen molar-refractivity contribution in [2.45, 2.75) is 6.10 Å². The summed E-state index contributed by atoms with van der Waals surface area (Å²) in [7, 11) is -4.04. The van der Waals surface area contributed by atoms with E-state index >= 15 is 0 Å². The van der Waals surface area contributed by atoms with Gasteiger partial charge < -0.3 is 0 Å². The summed E-state index contributed by atoms with van der Waals surface area (Å²) in [6, 6.07) is 0. The smallest absolute Gasteiger partial charge is 0.288 e. The van der Waals surface area contributed by atoms with Crippen LogP contribution in [0.1, 0.15) is 0 Å². The van der Waals surface area contributed by atoms with Crippen LogP contribution in [0.2, 0.25) is 0 Å². The Hall–Kier alpha value is -0.280. The van der Waals surface area contributed by atoms with E-state index in [0.717, 1.165) is 0 Å². The molecule has 1 saturated heterocycles. The zero-order valence-electron chi connectivity index (χ0n) is 7.25. The summed E-state index contributed by atoms with van der Waals surface area (Å²) >= 11 is -1.46. The van der Waals surface area contributed by atoms with Gasteiger partial charge in [0.05, 0.1) is 19.0 Å². The molecule has 1 aliphatic rings. The van der Waals surface area contributed by atoms with Crippen molar-refractivity contribution >= 4 is 21.5 Å². The van der Waals surface area contributed by atoms with Crippen LogP contribution in [0.3, 0.4) is 0 Å². The largest absolute Gasteiger partial charge is 0.400 e. The highest BCUT2D eigenvalue weighted by Crippen LogP contribution is 2.11. The summed E-state index contributed by atoms with van der Waals surface area (Å²) in [5.74, 6) is 0.0384. The molecular formula is C6H10O6S2. The first kappa shape index (κ1) is 11.8. The van der Waals surface area contributed by atoms with Crippen LogP contribution in [0.15, 0.2) is 12.7 Å². The molecule has 0 amide bonds. The summed E-state index contributed by atoms with van der Waals surface area (Å²) in [6.45, 7) is 3.12. The summed E-state index contributed by atoms with van der Waals surface area (Å²) in [5, 5.41) is 0. The standard InChI is InChI=1S/C6H10O6S2/c1-2-3-11-14(8,9)12-6-4-10-13(7)5-6/h2,6H,1,3-5H2. The van der Waals surface area contributed by atoms with E-state index in [1.54, 1.807) is 0 Å². The fourth-order valence-electron chi connectivity index (χ4n) is 0.781. The van der Waals surface area contributed by atoms with Gasteiger partial charge in [0.1, 0.15) is 6.10 Å². The maximum atomic E-state index is 11.0. The summed E-state index contributed by atoms with van der Waals surface area (Å²) < 4.78 is 46.3. The summed E-state index contributed by atoms with van der Waals surface area (Å²) in [5.41, 5.74) is 0. The molecule has 1 fully saturated rings. The van der Waals surface area contributed by atoms with E-state index in [1.807, 2.05) is 0 Å². The van der Waals surface area contributed by atoms with E-state index in [4.69, 9.17) is 0 Å². The SMILES string of the molecule is C=CCOS(=O)(=O)OC1COS(=O)C1. The van der Waals surface area contributed by atoms with Gasteiger partial charge in [-0.15, -0.1) is 6.58 Å². The highest BCUT2D eigenvalue weighted by atomic mass is 32.3. The molecular weight excluding hydrogens is 232 g/mol. The molecule has 14 heavy (non-hydrogen) atoms. The second-order valence-corrected chi connectivity index (χ2v) is 4.88. The van der Waals surface area contributed by atoms with Crippen molar-refractivity contribution in [1.29, 1.82) is 0 Å². The normalized spacial score (nSPS) is 27.7. The Kier molecular flexibility index (Phi) is 4.20. The fraction of sp³-hybridized carbons (Fsp3) is 0.667. The molecule has 1 aliphatic heterocycles. The van der Waals surface area contributed by atoms with E-state index in [1.165, 1.54) is 6.08 Å². The second kappa shape index (κ2) is 4.99. The average Bonchev–Trinajstić information content (AvgIpc) is 2.47. The lowest BCUT2D eigenvalue weighted by molar-refractivity contribution is 0.152. The lowest BCUT2D eigenvalue weighted by Crippen LogP contribution is -2.22. The van der Waals surface area contributed by atoms with E-state index in [0.29, 0.717) is 0 Å². The molecule has 0 saturated carbocycles. The third-order valence-electron chi connectivity index (χ3n) is 1.29. The first-order valence-electron chi connectivity index (χ1n) is 3.73. The highest BCUT2D eigenvalue weighted by Gasteiger charge is 2.28. The molecule has 0 N–H and O–H groups in total. The molecule has 0 radical (unpaired) electrons. The average molecular weight is 242 g/mol. The number of hydrogen-bond acceptors (Lipinski definition) is 6. The first-order valence-corrected chi connectivity index (χ1v) is 6.31. The van der Waals surface area contributed by atoms with Gasteiger partial charge in [0.15, 0.2) is 11.1 Å². The van der Waals surface area contributed by atoms with Crippen molar-refractivity contribution in [2.24, 2.45) is 0 Å². The van der Waals surface area contributed by atoms with Crippen LogP contribution in [0.4, 0.5) is 0 Å². The molecule has 0 aromatic heterocycles. The van der Waals surface area contributed by atoms with Gasteiger partial charge in [-0.3, -0.25) is 4.18 Å². The highest BCUT2D eigenvalue weighted by molar-refractivity contribution is 7.82. The molecule has 0 aliphatic carbocycles. The Balaban J connectivity index is 2.42. The van der Waals surface area contributed by atoms with Gasteiger partial charge in [0, 0.05) is 0 Å². The third kappa shape index (κ3) is 3.84. The Morgan fingerprint density at radius 2 is 2.36 bits per heavy atom. The Labute approximate surface area is 84.8 Å². The molecule has 2 atom stereocenters. The van der Waals surface area contributed by atoms with Crippen molar-refractivity contribution in [3.8, 4) is 0 Å². The molecule has 0 bridgehead atoms. The molecule has 1 heterocycles. The van der Waals surface area contributed by atoms with Gasteiger partial charge >= 0.3 is 10.4 Å². The van der Waals surface area contributed by atoms with Crippen LogP contribution in [0, 0.1) is 0 Å². The summed E-state index contributed by atoms with van der Waals surface area (Å²) in [6.07, 6.45) is 0.551. The van der Waals surface area contributed by atoms with Gasteiger partial charge in [-0.2, -0.15) is 8.42 Å². The predicted molar refractivity (Wildman–Crippen MR) is 48.9 cm³/mol. The maximum absolute atomic E-state index is 11.0. The van der Waals surface area contributed by atoms with Crippen LogP contribution >= 0.6 is 0 Å². The van der Waals surface area contributed by atoms with E-state index in [9.17, 15) is 12.6 Å². The van der Waals surface area contributed by atoms with E-state index in [-0.39, 0.29) is 19.0 Å². The molecule has 0 aromatic carbocycles. The van der Waals surface area contributed by atoms with Gasteiger partial charge in [-0.05, 0) is 0 Å². The zero-order chi connectivity index (χ0) is 10.6.